The second kappa shape index (κ2) is 7.66. The first-order valence-electron chi connectivity index (χ1n) is 9.46. The number of aliphatic hydroxyl groups excluding tert-OH is 1. The third kappa shape index (κ3) is 3.97. The molecule has 1 atom stereocenters. The maximum absolute atomic E-state index is 11.8. The van der Waals surface area contributed by atoms with Crippen LogP contribution < -0.4 is 0 Å². The molecule has 0 amide bonds. The fraction of sp³-hybridized carbons (Fsp3) is 0.381. The molecule has 6 nitrogen and oxygen atoms in total. The summed E-state index contributed by atoms with van der Waals surface area (Å²) < 4.78 is 29.6. The highest BCUT2D eigenvalue weighted by Crippen LogP contribution is 2.27. The molecular formula is C21H24N2O4S. The normalized spacial score (nSPS) is 18.9. The highest BCUT2D eigenvalue weighted by atomic mass is 32.2. The van der Waals surface area contributed by atoms with Gasteiger partial charge in [0.15, 0.2) is 9.84 Å². The van der Waals surface area contributed by atoms with Gasteiger partial charge < -0.3 is 9.52 Å². The monoisotopic (exact) mass is 400 g/mol. The van der Waals surface area contributed by atoms with Crippen LogP contribution in [0.5, 0.6) is 0 Å². The van der Waals surface area contributed by atoms with Crippen molar-refractivity contribution in [3.63, 3.8) is 0 Å². The molecule has 1 saturated heterocycles. The standard InChI is InChI=1S/C21H24N2O4S/c1-15-20(13-23(9-10-24)19-8-11-28(25,26)14-19)22-21(27-15)18-7-6-16-4-2-3-5-17(16)12-18/h2-7,12,19,24H,8-11,13-14H2,1H3/t19-/m0/s1. The number of aromatic nitrogens is 1. The minimum atomic E-state index is -2.99. The number of hydrogen-bond acceptors (Lipinski definition) is 6. The number of hydrogen-bond donors (Lipinski definition) is 1. The van der Waals surface area contributed by atoms with Crippen molar-refractivity contribution in [2.45, 2.75) is 25.9 Å². The molecule has 0 unspecified atom stereocenters. The van der Waals surface area contributed by atoms with E-state index >= 15 is 0 Å². The maximum atomic E-state index is 11.8. The van der Waals surface area contributed by atoms with Gasteiger partial charge in [-0.25, -0.2) is 13.4 Å². The third-order valence-electron chi connectivity index (χ3n) is 5.35. The Bertz CT molecular complexity index is 1090. The van der Waals surface area contributed by atoms with Gasteiger partial charge in [-0.2, -0.15) is 0 Å². The molecule has 28 heavy (non-hydrogen) atoms. The summed E-state index contributed by atoms with van der Waals surface area (Å²) in [6, 6.07) is 14.1. The summed E-state index contributed by atoms with van der Waals surface area (Å²) in [6.45, 7) is 2.72. The SMILES string of the molecule is Cc1oc(-c2ccc3ccccc3c2)nc1CN(CCO)[C@H]1CCS(=O)(=O)C1. The highest BCUT2D eigenvalue weighted by Gasteiger charge is 2.32. The van der Waals surface area contributed by atoms with Crippen molar-refractivity contribution in [3.05, 3.63) is 53.9 Å². The lowest BCUT2D eigenvalue weighted by Crippen LogP contribution is -2.38. The van der Waals surface area contributed by atoms with Crippen molar-refractivity contribution in [1.29, 1.82) is 0 Å². The molecule has 7 heteroatoms. The molecule has 1 fully saturated rings. The number of rotatable bonds is 6. The number of benzene rings is 2. The molecule has 0 aliphatic carbocycles. The van der Waals surface area contributed by atoms with Gasteiger partial charge in [0, 0.05) is 24.7 Å². The number of fused-ring (bicyclic) bond motifs is 1. The van der Waals surface area contributed by atoms with E-state index in [0.29, 0.717) is 31.2 Å². The molecule has 1 aromatic heterocycles. The number of aryl methyl sites for hydroxylation is 1. The fourth-order valence-corrected chi connectivity index (χ4v) is 5.56. The summed E-state index contributed by atoms with van der Waals surface area (Å²) in [5.41, 5.74) is 1.69. The zero-order valence-corrected chi connectivity index (χ0v) is 16.7. The first kappa shape index (κ1) is 19.1. The van der Waals surface area contributed by atoms with E-state index in [1.807, 2.05) is 36.1 Å². The Morgan fingerprint density at radius 3 is 2.71 bits per heavy atom. The lowest BCUT2D eigenvalue weighted by atomic mass is 10.1. The average Bonchev–Trinajstić information content (AvgIpc) is 3.23. The number of sulfone groups is 1. The topological polar surface area (TPSA) is 83.6 Å². The highest BCUT2D eigenvalue weighted by molar-refractivity contribution is 7.91. The molecule has 0 saturated carbocycles. The molecule has 0 radical (unpaired) electrons. The van der Waals surface area contributed by atoms with Crippen molar-refractivity contribution < 1.29 is 17.9 Å². The molecule has 2 heterocycles. The van der Waals surface area contributed by atoms with Gasteiger partial charge in [0.25, 0.3) is 0 Å². The van der Waals surface area contributed by atoms with Crippen LogP contribution in [0, 0.1) is 6.92 Å². The predicted molar refractivity (Wildman–Crippen MR) is 109 cm³/mol. The van der Waals surface area contributed by atoms with Crippen LogP contribution in [0.1, 0.15) is 17.9 Å². The van der Waals surface area contributed by atoms with Crippen molar-refractivity contribution in [3.8, 4) is 11.5 Å². The quantitative estimate of drug-likeness (QED) is 0.685. The molecule has 4 rings (SSSR count). The second-order valence-corrected chi connectivity index (χ2v) is 9.56. The summed E-state index contributed by atoms with van der Waals surface area (Å²) in [5.74, 6) is 1.62. The van der Waals surface area contributed by atoms with E-state index in [9.17, 15) is 13.5 Å². The van der Waals surface area contributed by atoms with E-state index in [2.05, 4.69) is 23.2 Å². The van der Waals surface area contributed by atoms with E-state index in [4.69, 9.17) is 4.42 Å². The van der Waals surface area contributed by atoms with Gasteiger partial charge in [-0.1, -0.05) is 30.3 Å². The lowest BCUT2D eigenvalue weighted by Gasteiger charge is -2.26. The summed E-state index contributed by atoms with van der Waals surface area (Å²) in [7, 11) is -2.99. The molecule has 1 aliphatic heterocycles. The Morgan fingerprint density at radius 2 is 2.00 bits per heavy atom. The average molecular weight is 401 g/mol. The van der Waals surface area contributed by atoms with Crippen LogP contribution in [0.15, 0.2) is 46.9 Å². The Morgan fingerprint density at radius 1 is 1.21 bits per heavy atom. The van der Waals surface area contributed by atoms with Crippen LogP contribution in [0.2, 0.25) is 0 Å². The van der Waals surface area contributed by atoms with Gasteiger partial charge in [-0.3, -0.25) is 4.90 Å². The molecule has 148 valence electrons. The summed E-state index contributed by atoms with van der Waals surface area (Å²) in [5, 5.41) is 11.7. The first-order valence-corrected chi connectivity index (χ1v) is 11.3. The molecule has 3 aromatic rings. The number of aliphatic hydroxyl groups is 1. The molecule has 0 spiro atoms. The zero-order chi connectivity index (χ0) is 19.7. The van der Waals surface area contributed by atoms with Crippen LogP contribution >= 0.6 is 0 Å². The molecule has 0 bridgehead atoms. The van der Waals surface area contributed by atoms with Gasteiger partial charge in [0.05, 0.1) is 23.8 Å². The van der Waals surface area contributed by atoms with E-state index in [0.717, 1.165) is 22.0 Å². The zero-order valence-electron chi connectivity index (χ0n) is 15.8. The van der Waals surface area contributed by atoms with Crippen molar-refractivity contribution >= 4 is 20.6 Å². The van der Waals surface area contributed by atoms with Crippen molar-refractivity contribution in [1.82, 2.24) is 9.88 Å². The van der Waals surface area contributed by atoms with Gasteiger partial charge >= 0.3 is 0 Å². The van der Waals surface area contributed by atoms with Gasteiger partial charge in [0.2, 0.25) is 5.89 Å². The van der Waals surface area contributed by atoms with E-state index < -0.39 is 9.84 Å². The maximum Gasteiger partial charge on any atom is 0.226 e. The molecule has 1 N–H and O–H groups in total. The Labute approximate surface area is 164 Å². The summed E-state index contributed by atoms with van der Waals surface area (Å²) in [4.78, 5) is 6.68. The van der Waals surface area contributed by atoms with Crippen molar-refractivity contribution in [2.75, 3.05) is 24.7 Å². The molecule has 1 aliphatic rings. The predicted octanol–water partition coefficient (Wildman–Crippen LogP) is 2.78. The van der Waals surface area contributed by atoms with E-state index in [1.165, 1.54) is 0 Å². The summed E-state index contributed by atoms with van der Waals surface area (Å²) >= 11 is 0. The van der Waals surface area contributed by atoms with Gasteiger partial charge in [-0.15, -0.1) is 0 Å². The van der Waals surface area contributed by atoms with E-state index in [1.54, 1.807) is 0 Å². The smallest absolute Gasteiger partial charge is 0.226 e. The Hall–Kier alpha value is -2.22. The minimum Gasteiger partial charge on any atom is -0.441 e. The Kier molecular flexibility index (Phi) is 5.23. The van der Waals surface area contributed by atoms with Crippen molar-refractivity contribution in [2.24, 2.45) is 0 Å². The molecular weight excluding hydrogens is 376 g/mol. The van der Waals surface area contributed by atoms with Crippen LogP contribution in [0.4, 0.5) is 0 Å². The van der Waals surface area contributed by atoms with E-state index in [-0.39, 0.29) is 24.2 Å². The van der Waals surface area contributed by atoms with Crippen LogP contribution in [-0.4, -0.2) is 54.1 Å². The second-order valence-electron chi connectivity index (χ2n) is 7.33. The fourth-order valence-electron chi connectivity index (χ4n) is 3.80. The third-order valence-corrected chi connectivity index (χ3v) is 7.10. The van der Waals surface area contributed by atoms with Crippen LogP contribution in [-0.2, 0) is 16.4 Å². The van der Waals surface area contributed by atoms with Gasteiger partial charge in [-0.05, 0) is 36.2 Å². The van der Waals surface area contributed by atoms with Crippen LogP contribution in [0.3, 0.4) is 0 Å². The Balaban J connectivity index is 1.59. The lowest BCUT2D eigenvalue weighted by molar-refractivity contribution is 0.152. The number of oxazole rings is 1. The minimum absolute atomic E-state index is 0.0228. The largest absolute Gasteiger partial charge is 0.441 e. The molecule has 2 aromatic carbocycles. The number of nitrogens with zero attached hydrogens (tertiary/aromatic N) is 2. The van der Waals surface area contributed by atoms with Gasteiger partial charge in [0.1, 0.15) is 5.76 Å². The first-order chi connectivity index (χ1) is 13.4. The summed E-state index contributed by atoms with van der Waals surface area (Å²) in [6.07, 6.45) is 0.594. The van der Waals surface area contributed by atoms with Crippen LogP contribution in [0.25, 0.3) is 22.2 Å².